The second-order valence-corrected chi connectivity index (χ2v) is 6.57. The molecule has 0 saturated carbocycles. The first kappa shape index (κ1) is 13.5. The van der Waals surface area contributed by atoms with Crippen LogP contribution in [0.2, 0.25) is 0 Å². The second kappa shape index (κ2) is 6.85. The van der Waals surface area contributed by atoms with Crippen LogP contribution in [0.5, 0.6) is 0 Å². The highest BCUT2D eigenvalue weighted by molar-refractivity contribution is 9.11. The highest BCUT2D eigenvalue weighted by Gasteiger charge is 2.18. The Kier molecular flexibility index (Phi) is 5.44. The summed E-state index contributed by atoms with van der Waals surface area (Å²) >= 11 is 5.21. The molecule has 1 aromatic heterocycles. The van der Waals surface area contributed by atoms with Crippen LogP contribution in [-0.4, -0.2) is 43.8 Å². The molecule has 5 heteroatoms. The number of morpholine rings is 1. The summed E-state index contributed by atoms with van der Waals surface area (Å²) in [5.41, 5.74) is 1.34. The Morgan fingerprint density at radius 3 is 3.24 bits per heavy atom. The Morgan fingerprint density at radius 1 is 1.65 bits per heavy atom. The number of halogens is 1. The molecule has 1 atom stereocenters. The van der Waals surface area contributed by atoms with Crippen LogP contribution in [-0.2, 0) is 11.3 Å². The van der Waals surface area contributed by atoms with E-state index in [0.717, 1.165) is 39.3 Å². The van der Waals surface area contributed by atoms with E-state index in [1.54, 1.807) is 11.3 Å². The number of thiophene rings is 1. The number of likely N-dealkylation sites (N-methyl/N-ethyl adjacent to an activating group) is 1. The molecule has 1 saturated heterocycles. The fraction of sp³-hybridized carbons (Fsp3) is 0.667. The summed E-state index contributed by atoms with van der Waals surface area (Å²) in [5.74, 6) is 0. The first-order valence-electron chi connectivity index (χ1n) is 6.05. The molecule has 2 heterocycles. The van der Waals surface area contributed by atoms with Gasteiger partial charge in [0.05, 0.1) is 16.5 Å². The highest BCUT2D eigenvalue weighted by Crippen LogP contribution is 2.20. The Bertz CT molecular complexity index is 345. The third-order valence-electron chi connectivity index (χ3n) is 2.99. The molecule has 1 aromatic rings. The maximum absolute atomic E-state index is 5.74. The SMILES string of the molecule is CCN1CCO[C@@H](CNCc2csc(Br)c2)C1. The van der Waals surface area contributed by atoms with Crippen LogP contribution in [0.25, 0.3) is 0 Å². The molecule has 1 N–H and O–H groups in total. The average Bonchev–Trinajstić information content (AvgIpc) is 2.75. The zero-order valence-corrected chi connectivity index (χ0v) is 12.5. The molecule has 0 radical (unpaired) electrons. The van der Waals surface area contributed by atoms with Crippen molar-refractivity contribution in [3.05, 3.63) is 20.8 Å². The summed E-state index contributed by atoms with van der Waals surface area (Å²) in [6.07, 6.45) is 0.339. The number of rotatable bonds is 5. The zero-order valence-electron chi connectivity index (χ0n) is 10.1. The smallest absolute Gasteiger partial charge is 0.0826 e. The second-order valence-electron chi connectivity index (χ2n) is 4.28. The molecule has 0 aliphatic carbocycles. The van der Waals surface area contributed by atoms with Gasteiger partial charge in [-0.05, 0) is 39.5 Å². The quantitative estimate of drug-likeness (QED) is 0.901. The lowest BCUT2D eigenvalue weighted by atomic mass is 10.2. The minimum Gasteiger partial charge on any atom is -0.374 e. The summed E-state index contributed by atoms with van der Waals surface area (Å²) < 4.78 is 6.94. The maximum Gasteiger partial charge on any atom is 0.0826 e. The normalized spacial score (nSPS) is 21.9. The molecular formula is C12H19BrN2OS. The topological polar surface area (TPSA) is 24.5 Å². The van der Waals surface area contributed by atoms with Crippen LogP contribution >= 0.6 is 27.3 Å². The van der Waals surface area contributed by atoms with Gasteiger partial charge in [-0.3, -0.25) is 4.90 Å². The zero-order chi connectivity index (χ0) is 12.1. The molecule has 3 nitrogen and oxygen atoms in total. The van der Waals surface area contributed by atoms with E-state index in [-0.39, 0.29) is 0 Å². The van der Waals surface area contributed by atoms with Gasteiger partial charge in [-0.2, -0.15) is 0 Å². The largest absolute Gasteiger partial charge is 0.374 e. The van der Waals surface area contributed by atoms with Crippen LogP contribution in [0.4, 0.5) is 0 Å². The summed E-state index contributed by atoms with van der Waals surface area (Å²) in [4.78, 5) is 2.44. The molecule has 2 rings (SSSR count). The summed E-state index contributed by atoms with van der Waals surface area (Å²) in [6.45, 7) is 8.18. The highest BCUT2D eigenvalue weighted by atomic mass is 79.9. The van der Waals surface area contributed by atoms with Crippen molar-refractivity contribution in [1.82, 2.24) is 10.2 Å². The average molecular weight is 319 g/mol. The van der Waals surface area contributed by atoms with Crippen molar-refractivity contribution in [2.75, 3.05) is 32.8 Å². The lowest BCUT2D eigenvalue weighted by Crippen LogP contribution is -2.46. The fourth-order valence-corrected chi connectivity index (χ4v) is 3.22. The number of nitrogens with one attached hydrogen (secondary N) is 1. The van der Waals surface area contributed by atoms with Gasteiger partial charge in [-0.25, -0.2) is 0 Å². The van der Waals surface area contributed by atoms with Gasteiger partial charge >= 0.3 is 0 Å². The van der Waals surface area contributed by atoms with Gasteiger partial charge in [0.15, 0.2) is 0 Å². The molecule has 0 amide bonds. The van der Waals surface area contributed by atoms with Crippen molar-refractivity contribution < 1.29 is 4.74 Å². The Hall–Kier alpha value is 0.0600. The van der Waals surface area contributed by atoms with E-state index < -0.39 is 0 Å². The predicted molar refractivity (Wildman–Crippen MR) is 75.6 cm³/mol. The monoisotopic (exact) mass is 318 g/mol. The van der Waals surface area contributed by atoms with Gasteiger partial charge in [0.2, 0.25) is 0 Å². The molecule has 0 unspecified atom stereocenters. The van der Waals surface area contributed by atoms with Crippen LogP contribution in [0.1, 0.15) is 12.5 Å². The van der Waals surface area contributed by atoms with E-state index in [4.69, 9.17) is 4.74 Å². The van der Waals surface area contributed by atoms with E-state index in [9.17, 15) is 0 Å². The number of hydrogen-bond acceptors (Lipinski definition) is 4. The van der Waals surface area contributed by atoms with E-state index in [0.29, 0.717) is 6.10 Å². The number of hydrogen-bond donors (Lipinski definition) is 1. The summed E-state index contributed by atoms with van der Waals surface area (Å²) in [7, 11) is 0. The van der Waals surface area contributed by atoms with E-state index in [1.165, 1.54) is 9.35 Å². The Morgan fingerprint density at radius 2 is 2.53 bits per heavy atom. The molecule has 96 valence electrons. The van der Waals surface area contributed by atoms with Gasteiger partial charge in [0, 0.05) is 26.2 Å². The van der Waals surface area contributed by atoms with Crippen molar-refractivity contribution in [2.24, 2.45) is 0 Å². The molecule has 17 heavy (non-hydrogen) atoms. The first-order chi connectivity index (χ1) is 8.28. The van der Waals surface area contributed by atoms with E-state index in [2.05, 4.69) is 44.5 Å². The van der Waals surface area contributed by atoms with Crippen LogP contribution < -0.4 is 5.32 Å². The first-order valence-corrected chi connectivity index (χ1v) is 7.72. The van der Waals surface area contributed by atoms with Crippen molar-refractivity contribution in [3.63, 3.8) is 0 Å². The standard InChI is InChI=1S/C12H19BrN2OS/c1-2-15-3-4-16-11(8-15)7-14-6-10-5-12(13)17-9-10/h5,9,11,14H,2-4,6-8H2,1H3/t11-/m0/s1. The number of ether oxygens (including phenoxy) is 1. The lowest BCUT2D eigenvalue weighted by molar-refractivity contribution is -0.0253. The molecular weight excluding hydrogens is 300 g/mol. The molecule has 0 bridgehead atoms. The van der Waals surface area contributed by atoms with Crippen molar-refractivity contribution in [2.45, 2.75) is 19.6 Å². The Balaban J connectivity index is 1.68. The van der Waals surface area contributed by atoms with Crippen molar-refractivity contribution in [1.29, 1.82) is 0 Å². The Labute approximate surface area is 115 Å². The van der Waals surface area contributed by atoms with Crippen LogP contribution in [0.15, 0.2) is 15.2 Å². The van der Waals surface area contributed by atoms with Gasteiger partial charge in [0.1, 0.15) is 0 Å². The minimum absolute atomic E-state index is 0.339. The lowest BCUT2D eigenvalue weighted by Gasteiger charge is -2.32. The minimum atomic E-state index is 0.339. The molecule has 0 spiro atoms. The van der Waals surface area contributed by atoms with Crippen molar-refractivity contribution >= 4 is 27.3 Å². The van der Waals surface area contributed by atoms with Gasteiger partial charge in [-0.15, -0.1) is 11.3 Å². The van der Waals surface area contributed by atoms with E-state index >= 15 is 0 Å². The van der Waals surface area contributed by atoms with E-state index in [1.807, 2.05) is 0 Å². The summed E-state index contributed by atoms with van der Waals surface area (Å²) in [5, 5.41) is 5.64. The molecule has 1 aliphatic heterocycles. The van der Waals surface area contributed by atoms with Gasteiger partial charge in [0.25, 0.3) is 0 Å². The number of nitrogens with zero attached hydrogens (tertiary/aromatic N) is 1. The molecule has 1 aliphatic rings. The van der Waals surface area contributed by atoms with Crippen LogP contribution in [0.3, 0.4) is 0 Å². The third kappa shape index (κ3) is 4.34. The fourth-order valence-electron chi connectivity index (χ4n) is 2.01. The van der Waals surface area contributed by atoms with Gasteiger partial charge < -0.3 is 10.1 Å². The van der Waals surface area contributed by atoms with Crippen molar-refractivity contribution in [3.8, 4) is 0 Å². The summed E-state index contributed by atoms with van der Waals surface area (Å²) in [6, 6.07) is 2.16. The predicted octanol–water partition coefficient (Wildman–Crippen LogP) is 2.32. The van der Waals surface area contributed by atoms with Gasteiger partial charge in [-0.1, -0.05) is 6.92 Å². The third-order valence-corrected chi connectivity index (χ3v) is 4.55. The van der Waals surface area contributed by atoms with Crippen LogP contribution in [0, 0.1) is 0 Å². The molecule has 0 aromatic carbocycles. The molecule has 1 fully saturated rings. The maximum atomic E-state index is 5.74.